The maximum absolute atomic E-state index is 13.7. The second-order valence-electron chi connectivity index (χ2n) is 4.14. The molecule has 0 aromatic heterocycles. The topological polar surface area (TPSA) is 12.0 Å². The molecule has 90 valence electrons. The van der Waals surface area contributed by atoms with Gasteiger partial charge < -0.3 is 5.32 Å². The number of rotatable bonds is 5. The van der Waals surface area contributed by atoms with E-state index in [4.69, 9.17) is 0 Å². The number of hydrogen-bond donors (Lipinski definition) is 1. The van der Waals surface area contributed by atoms with Crippen molar-refractivity contribution in [2.75, 3.05) is 7.05 Å². The highest BCUT2D eigenvalue weighted by atomic mass is 79.9. The molecule has 0 amide bonds. The molecule has 0 heterocycles. The van der Waals surface area contributed by atoms with Crippen molar-refractivity contribution in [3.05, 3.63) is 34.1 Å². The van der Waals surface area contributed by atoms with Gasteiger partial charge in [-0.1, -0.05) is 36.2 Å². The Labute approximate surface area is 106 Å². The van der Waals surface area contributed by atoms with Crippen molar-refractivity contribution < 1.29 is 4.39 Å². The second-order valence-corrected chi connectivity index (χ2v) is 5.05. The van der Waals surface area contributed by atoms with Crippen molar-refractivity contribution in [2.24, 2.45) is 0 Å². The molecule has 1 rings (SSSR count). The van der Waals surface area contributed by atoms with Crippen LogP contribution in [0, 0.1) is 5.82 Å². The van der Waals surface area contributed by atoms with E-state index in [2.05, 4.69) is 35.1 Å². The van der Waals surface area contributed by atoms with Gasteiger partial charge in [0.1, 0.15) is 5.82 Å². The molecule has 0 aliphatic rings. The molecule has 1 aromatic carbocycles. The zero-order valence-corrected chi connectivity index (χ0v) is 11.6. The van der Waals surface area contributed by atoms with E-state index in [9.17, 15) is 4.39 Å². The van der Waals surface area contributed by atoms with Crippen LogP contribution in [0.25, 0.3) is 0 Å². The maximum Gasteiger partial charge on any atom is 0.126 e. The third-order valence-electron chi connectivity index (χ3n) is 3.02. The smallest absolute Gasteiger partial charge is 0.126 e. The van der Waals surface area contributed by atoms with Gasteiger partial charge in [0, 0.05) is 10.5 Å². The first-order valence-electron chi connectivity index (χ1n) is 5.72. The minimum absolute atomic E-state index is 0.118. The number of hydrogen-bond acceptors (Lipinski definition) is 1. The molecule has 1 nitrogen and oxygen atoms in total. The van der Waals surface area contributed by atoms with Gasteiger partial charge in [-0.2, -0.15) is 0 Å². The Morgan fingerprint density at radius 2 is 2.12 bits per heavy atom. The average molecular weight is 288 g/mol. The molecule has 1 N–H and O–H groups in total. The Bertz CT molecular complexity index is 341. The van der Waals surface area contributed by atoms with Gasteiger partial charge in [0.05, 0.1) is 0 Å². The minimum atomic E-state index is -0.118. The van der Waals surface area contributed by atoms with Crippen molar-refractivity contribution in [1.29, 1.82) is 0 Å². The lowest BCUT2D eigenvalue weighted by Crippen LogP contribution is -2.31. The van der Waals surface area contributed by atoms with E-state index in [-0.39, 0.29) is 11.7 Å². The average Bonchev–Trinajstić information content (AvgIpc) is 2.28. The highest BCUT2D eigenvalue weighted by molar-refractivity contribution is 9.10. The third kappa shape index (κ3) is 3.29. The monoisotopic (exact) mass is 287 g/mol. The molecule has 2 unspecified atom stereocenters. The first kappa shape index (κ1) is 13.7. The molecular weight excluding hydrogens is 269 g/mol. The highest BCUT2D eigenvalue weighted by Crippen LogP contribution is 2.27. The molecule has 3 heteroatoms. The summed E-state index contributed by atoms with van der Waals surface area (Å²) in [5.74, 6) is 0.0644. The summed E-state index contributed by atoms with van der Waals surface area (Å²) in [5, 5.41) is 3.27. The molecular formula is C13H19BrFN. The van der Waals surface area contributed by atoms with Gasteiger partial charge in [0.15, 0.2) is 0 Å². The molecule has 0 fully saturated rings. The predicted octanol–water partition coefficient (Wildman–Crippen LogP) is 4.08. The van der Waals surface area contributed by atoms with E-state index >= 15 is 0 Å². The molecule has 0 aliphatic heterocycles. The molecule has 2 atom stereocenters. The van der Waals surface area contributed by atoms with Crippen LogP contribution in [-0.4, -0.2) is 13.1 Å². The normalized spacial score (nSPS) is 14.8. The summed E-state index contributed by atoms with van der Waals surface area (Å²) in [5.41, 5.74) is 0.780. The van der Waals surface area contributed by atoms with Crippen LogP contribution in [0.5, 0.6) is 0 Å². The molecule has 0 aliphatic carbocycles. The molecule has 1 aromatic rings. The van der Waals surface area contributed by atoms with Crippen LogP contribution in [0.15, 0.2) is 22.7 Å². The van der Waals surface area contributed by atoms with Gasteiger partial charge in [-0.3, -0.25) is 0 Å². The standard InChI is InChI=1S/C13H19BrFN/c1-4-5-13(16-3)9(2)11-8-10(14)6-7-12(11)15/h6-9,13,16H,4-5H2,1-3H3. The molecule has 16 heavy (non-hydrogen) atoms. The molecule has 0 saturated carbocycles. The van der Waals surface area contributed by atoms with Crippen LogP contribution in [0.1, 0.15) is 38.2 Å². The highest BCUT2D eigenvalue weighted by Gasteiger charge is 2.19. The molecule has 0 spiro atoms. The zero-order valence-electron chi connectivity index (χ0n) is 10.1. The lowest BCUT2D eigenvalue weighted by Gasteiger charge is -2.24. The van der Waals surface area contributed by atoms with Crippen molar-refractivity contribution >= 4 is 15.9 Å². The Balaban J connectivity index is 2.93. The van der Waals surface area contributed by atoms with Gasteiger partial charge in [0.2, 0.25) is 0 Å². The Morgan fingerprint density at radius 1 is 1.44 bits per heavy atom. The third-order valence-corrected chi connectivity index (χ3v) is 3.52. The van der Waals surface area contributed by atoms with Gasteiger partial charge >= 0.3 is 0 Å². The number of likely N-dealkylation sites (N-methyl/N-ethyl adjacent to an activating group) is 1. The predicted molar refractivity (Wildman–Crippen MR) is 70.3 cm³/mol. The first-order valence-corrected chi connectivity index (χ1v) is 6.51. The Hall–Kier alpha value is -0.410. The fraction of sp³-hybridized carbons (Fsp3) is 0.538. The van der Waals surface area contributed by atoms with Crippen molar-refractivity contribution in [3.63, 3.8) is 0 Å². The van der Waals surface area contributed by atoms with Crippen LogP contribution >= 0.6 is 15.9 Å². The van der Waals surface area contributed by atoms with Crippen LogP contribution in [0.3, 0.4) is 0 Å². The van der Waals surface area contributed by atoms with Gasteiger partial charge in [-0.15, -0.1) is 0 Å². The number of halogens is 2. The summed E-state index contributed by atoms with van der Waals surface area (Å²) in [6, 6.07) is 5.46. The summed E-state index contributed by atoms with van der Waals surface area (Å²) in [4.78, 5) is 0. The fourth-order valence-corrected chi connectivity index (χ4v) is 2.41. The fourth-order valence-electron chi connectivity index (χ4n) is 2.04. The molecule has 0 saturated heterocycles. The summed E-state index contributed by atoms with van der Waals surface area (Å²) < 4.78 is 14.6. The summed E-state index contributed by atoms with van der Waals surface area (Å²) >= 11 is 3.39. The van der Waals surface area contributed by atoms with Gasteiger partial charge in [-0.05, 0) is 43.1 Å². The molecule has 0 radical (unpaired) electrons. The SMILES string of the molecule is CCCC(NC)C(C)c1cc(Br)ccc1F. The van der Waals surface area contributed by atoms with E-state index in [0.29, 0.717) is 6.04 Å². The second kappa shape index (κ2) is 6.36. The Morgan fingerprint density at radius 3 is 2.69 bits per heavy atom. The maximum atomic E-state index is 13.7. The summed E-state index contributed by atoms with van der Waals surface area (Å²) in [6.07, 6.45) is 2.16. The van der Waals surface area contributed by atoms with Gasteiger partial charge in [0.25, 0.3) is 0 Å². The van der Waals surface area contributed by atoms with Crippen LogP contribution < -0.4 is 5.32 Å². The first-order chi connectivity index (χ1) is 7.60. The van der Waals surface area contributed by atoms with Crippen molar-refractivity contribution in [2.45, 2.75) is 38.6 Å². The lowest BCUT2D eigenvalue weighted by atomic mass is 9.90. The quantitative estimate of drug-likeness (QED) is 0.861. The van der Waals surface area contributed by atoms with Crippen LogP contribution in [0.4, 0.5) is 4.39 Å². The number of benzene rings is 1. The van der Waals surface area contributed by atoms with Gasteiger partial charge in [-0.25, -0.2) is 4.39 Å². The van der Waals surface area contributed by atoms with E-state index < -0.39 is 0 Å². The minimum Gasteiger partial charge on any atom is -0.316 e. The van der Waals surface area contributed by atoms with Crippen molar-refractivity contribution in [1.82, 2.24) is 5.32 Å². The number of nitrogens with one attached hydrogen (secondary N) is 1. The summed E-state index contributed by atoms with van der Waals surface area (Å²) in [7, 11) is 1.94. The van der Waals surface area contributed by atoms with Crippen molar-refractivity contribution in [3.8, 4) is 0 Å². The summed E-state index contributed by atoms with van der Waals surface area (Å²) in [6.45, 7) is 4.22. The van der Waals surface area contributed by atoms with Crippen LogP contribution in [0.2, 0.25) is 0 Å². The lowest BCUT2D eigenvalue weighted by molar-refractivity contribution is 0.438. The molecule has 0 bridgehead atoms. The van der Waals surface area contributed by atoms with E-state index in [1.807, 2.05) is 13.1 Å². The van der Waals surface area contributed by atoms with E-state index in [1.165, 1.54) is 6.07 Å². The zero-order chi connectivity index (χ0) is 12.1. The van der Waals surface area contributed by atoms with Crippen LogP contribution in [-0.2, 0) is 0 Å². The largest absolute Gasteiger partial charge is 0.316 e. The van der Waals surface area contributed by atoms with E-state index in [1.54, 1.807) is 6.07 Å². The van der Waals surface area contributed by atoms with E-state index in [0.717, 1.165) is 22.9 Å². The Kier molecular flexibility index (Phi) is 5.42.